The number of hydrogen-bond donors (Lipinski definition) is 3. The largest absolute Gasteiger partial charge is 0.480 e. The molecule has 0 bridgehead atoms. The normalized spacial score (nSPS) is 22.5. The minimum absolute atomic E-state index is 0.00113. The Morgan fingerprint density at radius 2 is 1.61 bits per heavy atom. The number of amides is 2. The first-order chi connectivity index (χ1) is 16.0. The molecule has 33 heavy (non-hydrogen) atoms. The molecule has 3 aliphatic carbocycles. The summed E-state index contributed by atoms with van der Waals surface area (Å²) in [6, 6.07) is 16.2. The van der Waals surface area contributed by atoms with Crippen LogP contribution in [0.1, 0.15) is 55.6 Å². The van der Waals surface area contributed by atoms with Gasteiger partial charge in [0.25, 0.3) is 0 Å². The predicted molar refractivity (Wildman–Crippen MR) is 122 cm³/mol. The third kappa shape index (κ3) is 4.19. The molecule has 2 aromatic carbocycles. The van der Waals surface area contributed by atoms with Crippen molar-refractivity contribution in [1.82, 2.24) is 10.6 Å². The van der Waals surface area contributed by atoms with E-state index in [-0.39, 0.29) is 30.4 Å². The van der Waals surface area contributed by atoms with Gasteiger partial charge in [0.2, 0.25) is 5.91 Å². The van der Waals surface area contributed by atoms with Gasteiger partial charge in [0, 0.05) is 17.9 Å². The molecule has 172 valence electrons. The fraction of sp³-hybridized carbons (Fsp3) is 0.423. The molecule has 5 rings (SSSR count). The van der Waals surface area contributed by atoms with Crippen molar-refractivity contribution in [1.29, 1.82) is 0 Å². The number of carboxylic acids is 1. The van der Waals surface area contributed by atoms with Crippen molar-refractivity contribution in [3.63, 3.8) is 0 Å². The van der Waals surface area contributed by atoms with Gasteiger partial charge in [0.15, 0.2) is 0 Å². The van der Waals surface area contributed by atoms with E-state index in [9.17, 15) is 19.5 Å². The van der Waals surface area contributed by atoms with Gasteiger partial charge in [-0.2, -0.15) is 0 Å². The number of ether oxygens (including phenoxy) is 1. The molecule has 2 atom stereocenters. The maximum Gasteiger partial charge on any atom is 0.407 e. The van der Waals surface area contributed by atoms with Crippen LogP contribution in [0.3, 0.4) is 0 Å². The molecule has 2 saturated carbocycles. The van der Waals surface area contributed by atoms with E-state index in [2.05, 4.69) is 34.9 Å². The average Bonchev–Trinajstić information content (AvgIpc) is 3.54. The Balaban J connectivity index is 1.16. The standard InChI is InChI=1S/C26H28N2O5/c29-23(28-26(12-13-26)24(30)31)16-6-5-7-17(14-16)27-25(32)33-15-22-20-10-3-1-8-18(20)19-9-2-4-11-21(19)22/h1-4,8-11,16-17,22H,5-7,12-15H2,(H,27,32)(H,28,29)(H,30,31). The smallest absolute Gasteiger partial charge is 0.407 e. The molecule has 3 N–H and O–H groups in total. The van der Waals surface area contributed by atoms with Crippen molar-refractivity contribution in [2.45, 2.75) is 56.0 Å². The molecular weight excluding hydrogens is 420 g/mol. The van der Waals surface area contributed by atoms with E-state index in [4.69, 9.17) is 4.74 Å². The number of carbonyl (C=O) groups excluding carboxylic acids is 2. The molecule has 2 aromatic rings. The van der Waals surface area contributed by atoms with Crippen molar-refractivity contribution in [2.24, 2.45) is 5.92 Å². The number of carbonyl (C=O) groups is 3. The van der Waals surface area contributed by atoms with E-state index in [0.29, 0.717) is 25.7 Å². The van der Waals surface area contributed by atoms with Crippen LogP contribution >= 0.6 is 0 Å². The number of fused-ring (bicyclic) bond motifs is 3. The molecule has 0 radical (unpaired) electrons. The third-order valence-corrected chi connectivity index (χ3v) is 7.23. The Hall–Kier alpha value is -3.35. The fourth-order valence-corrected chi connectivity index (χ4v) is 5.22. The summed E-state index contributed by atoms with van der Waals surface area (Å²) in [7, 11) is 0. The first kappa shape index (κ1) is 21.5. The second kappa shape index (κ2) is 8.54. The molecule has 3 aliphatic rings. The van der Waals surface area contributed by atoms with Gasteiger partial charge in [-0.1, -0.05) is 55.0 Å². The van der Waals surface area contributed by atoms with Crippen LogP contribution in [0, 0.1) is 5.92 Å². The summed E-state index contributed by atoms with van der Waals surface area (Å²) >= 11 is 0. The zero-order chi connectivity index (χ0) is 23.0. The number of hydrogen-bond acceptors (Lipinski definition) is 4. The molecule has 0 aromatic heterocycles. The Kier molecular flexibility index (Phi) is 5.56. The van der Waals surface area contributed by atoms with Crippen LogP contribution in [-0.2, 0) is 14.3 Å². The lowest BCUT2D eigenvalue weighted by atomic mass is 9.85. The Morgan fingerprint density at radius 1 is 0.970 bits per heavy atom. The van der Waals surface area contributed by atoms with E-state index >= 15 is 0 Å². The molecule has 7 nitrogen and oxygen atoms in total. The zero-order valence-electron chi connectivity index (χ0n) is 18.4. The molecule has 0 heterocycles. The monoisotopic (exact) mass is 448 g/mol. The second-order valence-electron chi connectivity index (χ2n) is 9.41. The predicted octanol–water partition coefficient (Wildman–Crippen LogP) is 3.82. The Labute approximate surface area is 192 Å². The SMILES string of the molecule is O=C(NC1CCCC(C(=O)NC2(C(=O)O)CC2)C1)OCC1c2ccccc2-c2ccccc21. The summed E-state index contributed by atoms with van der Waals surface area (Å²) in [6.07, 6.45) is 3.23. The van der Waals surface area contributed by atoms with Crippen LogP contribution in [0.2, 0.25) is 0 Å². The molecule has 2 fully saturated rings. The van der Waals surface area contributed by atoms with Gasteiger partial charge < -0.3 is 20.5 Å². The molecule has 2 amide bonds. The number of alkyl carbamates (subject to hydrolysis) is 1. The van der Waals surface area contributed by atoms with Crippen LogP contribution in [0.4, 0.5) is 4.79 Å². The summed E-state index contributed by atoms with van der Waals surface area (Å²) in [4.78, 5) is 36.5. The zero-order valence-corrected chi connectivity index (χ0v) is 18.4. The quantitative estimate of drug-likeness (QED) is 0.623. The van der Waals surface area contributed by atoms with Crippen LogP contribution in [-0.4, -0.2) is 41.3 Å². The number of carboxylic acid groups (broad SMARTS) is 1. The highest BCUT2D eigenvalue weighted by Gasteiger charge is 2.52. The molecule has 0 spiro atoms. The molecule has 2 unspecified atom stereocenters. The molecular formula is C26H28N2O5. The van der Waals surface area contributed by atoms with Gasteiger partial charge in [-0.25, -0.2) is 9.59 Å². The summed E-state index contributed by atoms with van der Waals surface area (Å²) in [5.74, 6) is -1.50. The average molecular weight is 449 g/mol. The molecule has 0 aliphatic heterocycles. The van der Waals surface area contributed by atoms with Crippen molar-refractivity contribution >= 4 is 18.0 Å². The van der Waals surface area contributed by atoms with E-state index in [1.54, 1.807) is 0 Å². The van der Waals surface area contributed by atoms with Gasteiger partial charge in [0.05, 0.1) is 0 Å². The number of rotatable bonds is 6. The summed E-state index contributed by atoms with van der Waals surface area (Å²) in [5.41, 5.74) is 3.60. The summed E-state index contributed by atoms with van der Waals surface area (Å²) in [6.45, 7) is 0.248. The van der Waals surface area contributed by atoms with Gasteiger partial charge in [-0.3, -0.25) is 4.79 Å². The Bertz CT molecular complexity index is 1050. The maximum atomic E-state index is 12.6. The highest BCUT2D eigenvalue weighted by molar-refractivity contribution is 5.90. The lowest BCUT2D eigenvalue weighted by Crippen LogP contribution is -2.48. The lowest BCUT2D eigenvalue weighted by molar-refractivity contribution is -0.144. The summed E-state index contributed by atoms with van der Waals surface area (Å²) in [5, 5.41) is 14.9. The number of benzene rings is 2. The van der Waals surface area contributed by atoms with Crippen LogP contribution in [0.25, 0.3) is 11.1 Å². The second-order valence-corrected chi connectivity index (χ2v) is 9.41. The van der Waals surface area contributed by atoms with E-state index in [1.165, 1.54) is 11.1 Å². The number of aliphatic carboxylic acids is 1. The van der Waals surface area contributed by atoms with E-state index in [0.717, 1.165) is 24.0 Å². The highest BCUT2D eigenvalue weighted by Crippen LogP contribution is 2.44. The molecule has 7 heteroatoms. The van der Waals surface area contributed by atoms with Crippen LogP contribution < -0.4 is 10.6 Å². The first-order valence-corrected chi connectivity index (χ1v) is 11.6. The van der Waals surface area contributed by atoms with Crippen molar-refractivity contribution in [3.05, 3.63) is 59.7 Å². The van der Waals surface area contributed by atoms with Crippen molar-refractivity contribution < 1.29 is 24.2 Å². The van der Waals surface area contributed by atoms with Crippen molar-refractivity contribution in [3.8, 4) is 11.1 Å². The minimum Gasteiger partial charge on any atom is -0.480 e. The number of nitrogens with one attached hydrogen (secondary N) is 2. The van der Waals surface area contributed by atoms with Gasteiger partial charge in [0.1, 0.15) is 12.1 Å². The maximum absolute atomic E-state index is 12.6. The summed E-state index contributed by atoms with van der Waals surface area (Å²) < 4.78 is 5.63. The van der Waals surface area contributed by atoms with Gasteiger partial charge in [-0.15, -0.1) is 0 Å². The van der Waals surface area contributed by atoms with Crippen molar-refractivity contribution in [2.75, 3.05) is 6.61 Å². The van der Waals surface area contributed by atoms with Crippen LogP contribution in [0.5, 0.6) is 0 Å². The topological polar surface area (TPSA) is 105 Å². The van der Waals surface area contributed by atoms with Crippen LogP contribution in [0.15, 0.2) is 48.5 Å². The van der Waals surface area contributed by atoms with E-state index < -0.39 is 17.6 Å². The third-order valence-electron chi connectivity index (χ3n) is 7.23. The van der Waals surface area contributed by atoms with Gasteiger partial charge in [-0.05, 0) is 54.4 Å². The fourth-order valence-electron chi connectivity index (χ4n) is 5.22. The minimum atomic E-state index is -1.08. The molecule has 0 saturated heterocycles. The first-order valence-electron chi connectivity index (χ1n) is 11.6. The van der Waals surface area contributed by atoms with E-state index in [1.807, 2.05) is 24.3 Å². The lowest BCUT2D eigenvalue weighted by Gasteiger charge is -2.29. The highest BCUT2D eigenvalue weighted by atomic mass is 16.5. The van der Waals surface area contributed by atoms with Gasteiger partial charge >= 0.3 is 12.1 Å². The Morgan fingerprint density at radius 3 is 2.21 bits per heavy atom.